The number of nitrogens with two attached hydrogens (primary N) is 1. The predicted molar refractivity (Wildman–Crippen MR) is 70.8 cm³/mol. The van der Waals surface area contributed by atoms with Gasteiger partial charge in [0.25, 0.3) is 0 Å². The van der Waals surface area contributed by atoms with Gasteiger partial charge in [0.05, 0.1) is 0 Å². The molecule has 2 amide bonds. The molecule has 0 bridgehead atoms. The molecule has 0 radical (unpaired) electrons. The van der Waals surface area contributed by atoms with E-state index in [1.165, 1.54) is 4.90 Å². The van der Waals surface area contributed by atoms with Gasteiger partial charge in [-0.1, -0.05) is 6.92 Å². The quantitative estimate of drug-likeness (QED) is 0.763. The van der Waals surface area contributed by atoms with E-state index in [1.54, 1.807) is 21.0 Å². The molecule has 18 heavy (non-hydrogen) atoms. The first-order chi connectivity index (χ1) is 8.32. The van der Waals surface area contributed by atoms with Crippen LogP contribution in [0, 0.1) is 11.8 Å². The summed E-state index contributed by atoms with van der Waals surface area (Å²) in [5, 5.41) is 2.78. The van der Waals surface area contributed by atoms with Crippen LogP contribution in [0.2, 0.25) is 0 Å². The van der Waals surface area contributed by atoms with E-state index >= 15 is 0 Å². The van der Waals surface area contributed by atoms with Crippen molar-refractivity contribution in [3.05, 3.63) is 0 Å². The summed E-state index contributed by atoms with van der Waals surface area (Å²) in [5.74, 6) is 0.306. The van der Waals surface area contributed by atoms with Crippen LogP contribution in [-0.2, 0) is 9.59 Å². The Hall–Kier alpha value is -1.10. The van der Waals surface area contributed by atoms with Crippen molar-refractivity contribution >= 4 is 11.8 Å². The Morgan fingerprint density at radius 1 is 1.33 bits per heavy atom. The van der Waals surface area contributed by atoms with E-state index in [0.29, 0.717) is 5.92 Å². The first kappa shape index (κ1) is 15.0. The van der Waals surface area contributed by atoms with Crippen molar-refractivity contribution in [1.82, 2.24) is 10.2 Å². The minimum absolute atomic E-state index is 0.0416. The summed E-state index contributed by atoms with van der Waals surface area (Å²) in [6.07, 6.45) is 2.56. The van der Waals surface area contributed by atoms with Crippen molar-refractivity contribution in [3.8, 4) is 0 Å². The van der Waals surface area contributed by atoms with E-state index < -0.39 is 6.04 Å². The highest BCUT2D eigenvalue weighted by Gasteiger charge is 2.30. The van der Waals surface area contributed by atoms with Gasteiger partial charge in [-0.05, 0) is 32.1 Å². The molecule has 0 heterocycles. The molecule has 104 valence electrons. The zero-order valence-electron chi connectivity index (χ0n) is 11.8. The summed E-state index contributed by atoms with van der Waals surface area (Å²) in [5.41, 5.74) is 5.99. The highest BCUT2D eigenvalue weighted by molar-refractivity contribution is 5.88. The molecule has 0 aromatic heterocycles. The van der Waals surface area contributed by atoms with Gasteiger partial charge >= 0.3 is 0 Å². The molecule has 4 unspecified atom stereocenters. The van der Waals surface area contributed by atoms with Crippen LogP contribution in [0.15, 0.2) is 0 Å². The molecule has 5 nitrogen and oxygen atoms in total. The Labute approximate surface area is 109 Å². The van der Waals surface area contributed by atoms with Gasteiger partial charge < -0.3 is 16.0 Å². The average molecular weight is 255 g/mol. The van der Waals surface area contributed by atoms with Gasteiger partial charge in [-0.2, -0.15) is 0 Å². The summed E-state index contributed by atoms with van der Waals surface area (Å²) in [4.78, 5) is 25.2. The lowest BCUT2D eigenvalue weighted by molar-refractivity contribution is -0.135. The van der Waals surface area contributed by atoms with Crippen LogP contribution in [0.25, 0.3) is 0 Å². The smallest absolute Gasteiger partial charge is 0.244 e. The summed E-state index contributed by atoms with van der Waals surface area (Å²) in [6, 6.07) is -0.377. The third-order valence-electron chi connectivity index (χ3n) is 3.80. The van der Waals surface area contributed by atoms with Crippen LogP contribution in [0.4, 0.5) is 0 Å². The Morgan fingerprint density at radius 3 is 2.44 bits per heavy atom. The maximum atomic E-state index is 12.1. The number of likely N-dealkylation sites (N-methyl/N-ethyl adjacent to an activating group) is 1. The molecule has 0 spiro atoms. The Bertz CT molecular complexity index is 317. The second-order valence-corrected chi connectivity index (χ2v) is 5.61. The summed E-state index contributed by atoms with van der Waals surface area (Å²) >= 11 is 0. The monoisotopic (exact) mass is 255 g/mol. The number of hydrogen-bond acceptors (Lipinski definition) is 3. The van der Waals surface area contributed by atoms with E-state index in [-0.39, 0.29) is 23.8 Å². The molecule has 1 fully saturated rings. The second kappa shape index (κ2) is 6.18. The normalized spacial score (nSPS) is 29.5. The van der Waals surface area contributed by atoms with Crippen molar-refractivity contribution in [2.45, 2.75) is 45.2 Å². The van der Waals surface area contributed by atoms with Crippen LogP contribution in [0.3, 0.4) is 0 Å². The van der Waals surface area contributed by atoms with Crippen molar-refractivity contribution in [3.63, 3.8) is 0 Å². The van der Waals surface area contributed by atoms with Crippen molar-refractivity contribution in [2.75, 3.05) is 14.1 Å². The van der Waals surface area contributed by atoms with Crippen molar-refractivity contribution in [1.29, 1.82) is 0 Å². The Morgan fingerprint density at radius 2 is 1.94 bits per heavy atom. The molecular formula is C13H25N3O2. The summed E-state index contributed by atoms with van der Waals surface area (Å²) in [7, 11) is 3.37. The maximum absolute atomic E-state index is 12.1. The summed E-state index contributed by atoms with van der Waals surface area (Å²) < 4.78 is 0. The van der Waals surface area contributed by atoms with E-state index in [1.807, 2.05) is 0 Å². The number of rotatable bonds is 3. The van der Waals surface area contributed by atoms with Crippen LogP contribution in [-0.4, -0.2) is 42.9 Å². The fourth-order valence-corrected chi connectivity index (χ4v) is 2.38. The van der Waals surface area contributed by atoms with E-state index in [9.17, 15) is 9.59 Å². The molecular weight excluding hydrogens is 230 g/mol. The zero-order valence-corrected chi connectivity index (χ0v) is 11.8. The van der Waals surface area contributed by atoms with Crippen LogP contribution < -0.4 is 11.1 Å². The first-order valence-corrected chi connectivity index (χ1v) is 6.60. The number of carbonyl (C=O) groups excluding carboxylic acids is 2. The lowest BCUT2D eigenvalue weighted by Gasteiger charge is -2.31. The van der Waals surface area contributed by atoms with E-state index in [0.717, 1.165) is 19.3 Å². The van der Waals surface area contributed by atoms with Gasteiger partial charge in [0.1, 0.15) is 6.04 Å². The van der Waals surface area contributed by atoms with Crippen LogP contribution in [0.1, 0.15) is 33.1 Å². The molecule has 0 saturated heterocycles. The molecule has 4 atom stereocenters. The molecule has 0 aliphatic heterocycles. The van der Waals surface area contributed by atoms with Crippen molar-refractivity contribution < 1.29 is 9.59 Å². The molecule has 3 N–H and O–H groups in total. The van der Waals surface area contributed by atoms with Gasteiger partial charge in [0, 0.05) is 26.1 Å². The molecule has 1 saturated carbocycles. The van der Waals surface area contributed by atoms with Crippen molar-refractivity contribution in [2.24, 2.45) is 17.6 Å². The van der Waals surface area contributed by atoms with E-state index in [2.05, 4.69) is 12.2 Å². The second-order valence-electron chi connectivity index (χ2n) is 5.61. The highest BCUT2D eigenvalue weighted by atomic mass is 16.2. The summed E-state index contributed by atoms with van der Waals surface area (Å²) in [6.45, 7) is 3.84. The SMILES string of the molecule is CC(NC(=O)C1CCC(C)C(N)C1)C(=O)N(C)C. The van der Waals surface area contributed by atoms with Gasteiger partial charge in [-0.3, -0.25) is 9.59 Å². The molecule has 5 heteroatoms. The van der Waals surface area contributed by atoms with Gasteiger partial charge in [0.15, 0.2) is 0 Å². The fraction of sp³-hybridized carbons (Fsp3) is 0.846. The third kappa shape index (κ3) is 3.70. The molecule has 0 aromatic rings. The Balaban J connectivity index is 2.48. The number of amides is 2. The number of nitrogens with zero attached hydrogens (tertiary/aromatic N) is 1. The lowest BCUT2D eigenvalue weighted by Crippen LogP contribution is -2.48. The molecule has 0 aromatic carbocycles. The minimum atomic E-state index is -0.469. The molecule has 1 aliphatic carbocycles. The zero-order chi connectivity index (χ0) is 13.9. The van der Waals surface area contributed by atoms with Gasteiger partial charge in [0.2, 0.25) is 11.8 Å². The van der Waals surface area contributed by atoms with Crippen LogP contribution >= 0.6 is 0 Å². The third-order valence-corrected chi connectivity index (χ3v) is 3.80. The average Bonchev–Trinajstić information content (AvgIpc) is 2.31. The van der Waals surface area contributed by atoms with Crippen LogP contribution in [0.5, 0.6) is 0 Å². The number of hydrogen-bond donors (Lipinski definition) is 2. The van der Waals surface area contributed by atoms with E-state index in [4.69, 9.17) is 5.73 Å². The number of carbonyl (C=O) groups is 2. The lowest BCUT2D eigenvalue weighted by atomic mass is 9.79. The van der Waals surface area contributed by atoms with Gasteiger partial charge in [-0.15, -0.1) is 0 Å². The number of nitrogens with one attached hydrogen (secondary N) is 1. The highest BCUT2D eigenvalue weighted by Crippen LogP contribution is 2.27. The predicted octanol–water partition coefficient (Wildman–Crippen LogP) is 0.343. The topological polar surface area (TPSA) is 75.4 Å². The first-order valence-electron chi connectivity index (χ1n) is 6.60. The van der Waals surface area contributed by atoms with Gasteiger partial charge in [-0.25, -0.2) is 0 Å². The maximum Gasteiger partial charge on any atom is 0.244 e. The fourth-order valence-electron chi connectivity index (χ4n) is 2.38. The molecule has 1 rings (SSSR count). The largest absolute Gasteiger partial charge is 0.347 e. The standard InChI is InChI=1S/C13H25N3O2/c1-8-5-6-10(7-11(8)14)12(17)15-9(2)13(18)16(3)4/h8-11H,5-7,14H2,1-4H3,(H,15,17). The minimum Gasteiger partial charge on any atom is -0.347 e. The molecule has 1 aliphatic rings. The Kier molecular flexibility index (Phi) is 5.14.